The summed E-state index contributed by atoms with van der Waals surface area (Å²) >= 11 is 13.8. The maximum atomic E-state index is 11.5. The average Bonchev–Trinajstić information content (AvgIpc) is 3.21. The minimum Gasteiger partial charge on any atom is -0.494 e. The Kier molecular flexibility index (Phi) is 7.42. The van der Waals surface area contributed by atoms with Gasteiger partial charge in [-0.25, -0.2) is 9.67 Å². The molecule has 0 saturated heterocycles. The molecule has 7 nitrogen and oxygen atoms in total. The lowest BCUT2D eigenvalue weighted by Crippen LogP contribution is -2.12. The molecule has 3 aromatic carbocycles. The van der Waals surface area contributed by atoms with Gasteiger partial charge in [0.1, 0.15) is 11.4 Å². The summed E-state index contributed by atoms with van der Waals surface area (Å²) in [6.07, 6.45) is 1.67. The lowest BCUT2D eigenvalue weighted by molar-refractivity contribution is -0.384. The van der Waals surface area contributed by atoms with E-state index >= 15 is 0 Å². The van der Waals surface area contributed by atoms with Crippen LogP contribution in [-0.2, 0) is 0 Å². The normalized spacial score (nSPS) is 11.8. The van der Waals surface area contributed by atoms with Crippen molar-refractivity contribution in [2.45, 2.75) is 6.92 Å². The van der Waals surface area contributed by atoms with Crippen molar-refractivity contribution in [3.63, 3.8) is 0 Å². The quantitative estimate of drug-likeness (QED) is 0.152. The lowest BCUT2D eigenvalue weighted by atomic mass is 10.2. The number of nitro benzene ring substituents is 1. The predicted octanol–water partition coefficient (Wildman–Crippen LogP) is 6.94. The molecule has 34 heavy (non-hydrogen) atoms. The number of hydrogen-bond donors (Lipinski definition) is 0. The lowest BCUT2D eigenvalue weighted by Gasteiger charge is -2.06. The number of thiazole rings is 1. The summed E-state index contributed by atoms with van der Waals surface area (Å²) in [5, 5.41) is 18.9. The van der Waals surface area contributed by atoms with Crippen molar-refractivity contribution in [3.8, 4) is 17.0 Å². The molecule has 0 saturated carbocycles. The fourth-order valence-corrected chi connectivity index (χ4v) is 4.47. The van der Waals surface area contributed by atoms with Gasteiger partial charge in [0, 0.05) is 22.0 Å². The molecular weight excluding hydrogens is 495 g/mol. The van der Waals surface area contributed by atoms with Gasteiger partial charge in [0.15, 0.2) is 0 Å². The van der Waals surface area contributed by atoms with E-state index in [1.54, 1.807) is 47.3 Å². The molecule has 0 spiro atoms. The van der Waals surface area contributed by atoms with Crippen LogP contribution in [0.25, 0.3) is 11.3 Å². The standard InChI is InChI=1S/C24H18Cl2N4O3S/c1-2-33-18-10-7-16(8-11-18)14-27-29-23(19-12-9-17(25)13-20(19)26)15-34-24(29)28-21-5-3-4-6-22(21)30(31)32/h3-15H,2H2,1H3. The van der Waals surface area contributed by atoms with Gasteiger partial charge in [0.05, 0.1) is 28.5 Å². The number of para-hydroxylation sites is 2. The van der Waals surface area contributed by atoms with E-state index in [4.69, 9.17) is 27.9 Å². The molecule has 0 radical (unpaired) electrons. The molecule has 0 N–H and O–H groups in total. The number of nitro groups is 1. The second-order valence-corrected chi connectivity index (χ2v) is 8.62. The van der Waals surface area contributed by atoms with Gasteiger partial charge in [0.2, 0.25) is 4.80 Å². The predicted molar refractivity (Wildman–Crippen MR) is 137 cm³/mol. The van der Waals surface area contributed by atoms with Crippen LogP contribution < -0.4 is 9.54 Å². The van der Waals surface area contributed by atoms with Crippen molar-refractivity contribution in [1.82, 2.24) is 4.68 Å². The minimum absolute atomic E-state index is 0.0935. The number of benzene rings is 3. The van der Waals surface area contributed by atoms with Crippen molar-refractivity contribution in [1.29, 1.82) is 0 Å². The third-order valence-corrected chi connectivity index (χ3v) is 6.06. The Labute approximate surface area is 209 Å². The second kappa shape index (κ2) is 10.6. The van der Waals surface area contributed by atoms with Crippen LogP contribution in [0.4, 0.5) is 11.4 Å². The Bertz CT molecular complexity index is 1430. The Morgan fingerprint density at radius 3 is 2.59 bits per heavy atom. The van der Waals surface area contributed by atoms with E-state index in [9.17, 15) is 10.1 Å². The fourth-order valence-electron chi connectivity index (χ4n) is 3.13. The molecule has 172 valence electrons. The number of halogens is 2. The zero-order chi connectivity index (χ0) is 24.1. The van der Waals surface area contributed by atoms with Gasteiger partial charge in [0.25, 0.3) is 5.69 Å². The Morgan fingerprint density at radius 1 is 1.12 bits per heavy atom. The van der Waals surface area contributed by atoms with E-state index in [1.807, 2.05) is 36.6 Å². The highest BCUT2D eigenvalue weighted by molar-refractivity contribution is 7.07. The van der Waals surface area contributed by atoms with E-state index in [0.717, 1.165) is 11.3 Å². The number of aromatic nitrogens is 1. The van der Waals surface area contributed by atoms with E-state index in [2.05, 4.69) is 10.1 Å². The summed E-state index contributed by atoms with van der Waals surface area (Å²) in [6, 6.07) is 19.0. The van der Waals surface area contributed by atoms with Gasteiger partial charge in [-0.3, -0.25) is 10.1 Å². The molecule has 0 aliphatic rings. The molecule has 1 aromatic heterocycles. The third-order valence-electron chi connectivity index (χ3n) is 4.70. The van der Waals surface area contributed by atoms with Gasteiger partial charge < -0.3 is 4.74 Å². The molecule has 0 bridgehead atoms. The van der Waals surface area contributed by atoms with Crippen molar-refractivity contribution in [3.05, 3.63) is 103 Å². The molecule has 10 heteroatoms. The summed E-state index contributed by atoms with van der Waals surface area (Å²) in [4.78, 5) is 16.0. The Hall–Kier alpha value is -3.46. The maximum absolute atomic E-state index is 11.5. The molecule has 4 aromatic rings. The Morgan fingerprint density at radius 2 is 1.88 bits per heavy atom. The Balaban J connectivity index is 1.85. The first-order valence-corrected chi connectivity index (χ1v) is 11.8. The van der Waals surface area contributed by atoms with Crippen LogP contribution in [0.1, 0.15) is 12.5 Å². The summed E-state index contributed by atoms with van der Waals surface area (Å²) in [6.45, 7) is 2.51. The monoisotopic (exact) mass is 512 g/mol. The highest BCUT2D eigenvalue weighted by Gasteiger charge is 2.15. The third kappa shape index (κ3) is 5.36. The zero-order valence-electron chi connectivity index (χ0n) is 17.9. The topological polar surface area (TPSA) is 82.0 Å². The van der Waals surface area contributed by atoms with E-state index < -0.39 is 4.92 Å². The summed E-state index contributed by atoms with van der Waals surface area (Å²) < 4.78 is 7.09. The van der Waals surface area contributed by atoms with Crippen LogP contribution in [0.5, 0.6) is 5.75 Å². The van der Waals surface area contributed by atoms with E-state index in [0.29, 0.717) is 32.7 Å². The van der Waals surface area contributed by atoms with Crippen molar-refractivity contribution in [2.75, 3.05) is 6.61 Å². The highest BCUT2D eigenvalue weighted by atomic mass is 35.5. The van der Waals surface area contributed by atoms with Crippen LogP contribution in [0, 0.1) is 10.1 Å². The molecular formula is C24H18Cl2N4O3S. The maximum Gasteiger partial charge on any atom is 0.294 e. The molecule has 0 atom stereocenters. The first-order valence-electron chi connectivity index (χ1n) is 10.2. The summed E-state index contributed by atoms with van der Waals surface area (Å²) in [5.74, 6) is 0.767. The summed E-state index contributed by atoms with van der Waals surface area (Å²) in [5.41, 5.74) is 2.35. The number of hydrogen-bond acceptors (Lipinski definition) is 6. The highest BCUT2D eigenvalue weighted by Crippen LogP contribution is 2.31. The minimum atomic E-state index is -0.461. The van der Waals surface area contributed by atoms with Crippen LogP contribution in [0.15, 0.2) is 82.2 Å². The molecule has 0 aliphatic heterocycles. The fraction of sp³-hybridized carbons (Fsp3) is 0.0833. The van der Waals surface area contributed by atoms with E-state index in [-0.39, 0.29) is 11.4 Å². The van der Waals surface area contributed by atoms with Gasteiger partial charge >= 0.3 is 0 Å². The number of nitrogens with zero attached hydrogens (tertiary/aromatic N) is 4. The first kappa shape index (κ1) is 23.7. The molecule has 1 heterocycles. The number of ether oxygens (including phenoxy) is 1. The molecule has 0 fully saturated rings. The van der Waals surface area contributed by atoms with Gasteiger partial charge in [-0.05, 0) is 61.0 Å². The van der Waals surface area contributed by atoms with E-state index in [1.165, 1.54) is 17.4 Å². The van der Waals surface area contributed by atoms with Crippen molar-refractivity contribution in [2.24, 2.45) is 10.1 Å². The largest absolute Gasteiger partial charge is 0.494 e. The van der Waals surface area contributed by atoms with Crippen molar-refractivity contribution < 1.29 is 9.66 Å². The molecule has 4 rings (SSSR count). The molecule has 0 unspecified atom stereocenters. The number of rotatable bonds is 7. The van der Waals surface area contributed by atoms with Crippen LogP contribution in [0.2, 0.25) is 10.0 Å². The smallest absolute Gasteiger partial charge is 0.294 e. The van der Waals surface area contributed by atoms with Crippen LogP contribution in [-0.4, -0.2) is 22.4 Å². The summed E-state index contributed by atoms with van der Waals surface area (Å²) in [7, 11) is 0. The zero-order valence-corrected chi connectivity index (χ0v) is 20.2. The van der Waals surface area contributed by atoms with Crippen LogP contribution >= 0.6 is 34.5 Å². The molecule has 0 amide bonds. The van der Waals surface area contributed by atoms with Gasteiger partial charge in [-0.2, -0.15) is 5.10 Å². The average molecular weight is 513 g/mol. The second-order valence-electron chi connectivity index (χ2n) is 6.94. The van der Waals surface area contributed by atoms with Gasteiger partial charge in [-0.1, -0.05) is 35.3 Å². The van der Waals surface area contributed by atoms with Gasteiger partial charge in [-0.15, -0.1) is 11.3 Å². The molecule has 0 aliphatic carbocycles. The van der Waals surface area contributed by atoms with Crippen LogP contribution in [0.3, 0.4) is 0 Å². The SMILES string of the molecule is CCOc1ccc(C=Nn2c(-c3ccc(Cl)cc3Cl)csc2=Nc2ccccc2[N+](=O)[O-])cc1. The van der Waals surface area contributed by atoms with Crippen molar-refractivity contribution >= 4 is 52.1 Å². The first-order chi connectivity index (χ1) is 16.5.